The predicted molar refractivity (Wildman–Crippen MR) is 94.5 cm³/mol. The van der Waals surface area contributed by atoms with Gasteiger partial charge in [0.25, 0.3) is 5.91 Å². The zero-order chi connectivity index (χ0) is 16.9. The van der Waals surface area contributed by atoms with Gasteiger partial charge in [-0.05, 0) is 31.6 Å². The molecule has 1 aliphatic heterocycles. The number of fused-ring (bicyclic) bond motifs is 1. The van der Waals surface area contributed by atoms with E-state index in [-0.39, 0.29) is 5.91 Å². The average molecular weight is 347 g/mol. The highest BCUT2D eigenvalue weighted by molar-refractivity contribution is 6.34. The molecule has 0 saturated carbocycles. The van der Waals surface area contributed by atoms with Crippen molar-refractivity contribution in [2.45, 2.75) is 6.42 Å². The van der Waals surface area contributed by atoms with Gasteiger partial charge in [0.1, 0.15) is 13.2 Å². The van der Waals surface area contributed by atoms with E-state index in [2.05, 4.69) is 10.6 Å². The molecule has 24 heavy (non-hydrogen) atoms. The minimum absolute atomic E-state index is 0.194. The summed E-state index contributed by atoms with van der Waals surface area (Å²) < 4.78 is 11.0. The molecular formula is C18H19ClN2O3. The molecule has 0 bridgehead atoms. The van der Waals surface area contributed by atoms with Crippen molar-refractivity contribution < 1.29 is 14.3 Å². The van der Waals surface area contributed by atoms with E-state index in [4.69, 9.17) is 21.1 Å². The Balaban J connectivity index is 1.83. The van der Waals surface area contributed by atoms with Crippen LogP contribution >= 0.6 is 11.6 Å². The standard InChI is InChI=1S/C18H19ClN2O3/c1-20-7-6-12-4-2-3-5-13(12)18(22)21-15-11-17-16(10-14(15)19)23-8-9-24-17/h2-5,10-11,20H,6-9H2,1H3,(H,21,22). The summed E-state index contributed by atoms with van der Waals surface area (Å²) in [6.07, 6.45) is 0.773. The quantitative estimate of drug-likeness (QED) is 0.873. The molecule has 1 amide bonds. The van der Waals surface area contributed by atoms with Gasteiger partial charge in [0.15, 0.2) is 11.5 Å². The first-order valence-electron chi connectivity index (χ1n) is 7.82. The van der Waals surface area contributed by atoms with Crippen LogP contribution in [0.15, 0.2) is 36.4 Å². The van der Waals surface area contributed by atoms with Crippen LogP contribution in [-0.2, 0) is 6.42 Å². The molecule has 0 spiro atoms. The van der Waals surface area contributed by atoms with Crippen LogP contribution in [0.25, 0.3) is 0 Å². The topological polar surface area (TPSA) is 59.6 Å². The molecule has 0 unspecified atom stereocenters. The van der Waals surface area contributed by atoms with Gasteiger partial charge < -0.3 is 20.1 Å². The summed E-state index contributed by atoms with van der Waals surface area (Å²) in [6.45, 7) is 1.78. The lowest BCUT2D eigenvalue weighted by Gasteiger charge is -2.20. The number of benzene rings is 2. The fraction of sp³-hybridized carbons (Fsp3) is 0.278. The summed E-state index contributed by atoms with van der Waals surface area (Å²) in [5.41, 5.74) is 2.13. The molecule has 1 heterocycles. The predicted octanol–water partition coefficient (Wildman–Crippen LogP) is 3.13. The van der Waals surface area contributed by atoms with E-state index in [9.17, 15) is 4.79 Å². The second kappa shape index (κ2) is 7.55. The minimum Gasteiger partial charge on any atom is -0.486 e. The number of nitrogens with one attached hydrogen (secondary N) is 2. The SMILES string of the molecule is CNCCc1ccccc1C(=O)Nc1cc2c(cc1Cl)OCCO2. The van der Waals surface area contributed by atoms with Gasteiger partial charge in [-0.2, -0.15) is 0 Å². The molecule has 1 aliphatic rings. The van der Waals surface area contributed by atoms with Gasteiger partial charge >= 0.3 is 0 Å². The molecule has 0 atom stereocenters. The molecule has 3 rings (SSSR count). The molecule has 0 saturated heterocycles. The number of hydrogen-bond acceptors (Lipinski definition) is 4. The Labute approximate surface area is 145 Å². The smallest absolute Gasteiger partial charge is 0.255 e. The number of halogens is 1. The number of likely N-dealkylation sites (N-methyl/N-ethyl adjacent to an activating group) is 1. The summed E-state index contributed by atoms with van der Waals surface area (Å²) in [4.78, 5) is 12.7. The Morgan fingerprint density at radius 1 is 1.17 bits per heavy atom. The number of amides is 1. The van der Waals surface area contributed by atoms with Crippen LogP contribution < -0.4 is 20.1 Å². The Hall–Kier alpha value is -2.24. The van der Waals surface area contributed by atoms with Crippen molar-refractivity contribution in [1.82, 2.24) is 5.32 Å². The average Bonchev–Trinajstić information content (AvgIpc) is 2.60. The van der Waals surface area contributed by atoms with E-state index in [1.54, 1.807) is 12.1 Å². The lowest BCUT2D eigenvalue weighted by Crippen LogP contribution is -2.18. The Morgan fingerprint density at radius 3 is 2.62 bits per heavy atom. The summed E-state index contributed by atoms with van der Waals surface area (Å²) >= 11 is 6.26. The van der Waals surface area contributed by atoms with Gasteiger partial charge in [-0.15, -0.1) is 0 Å². The lowest BCUT2D eigenvalue weighted by atomic mass is 10.0. The number of ether oxygens (including phenoxy) is 2. The third-order valence-electron chi connectivity index (χ3n) is 3.79. The Morgan fingerprint density at radius 2 is 1.88 bits per heavy atom. The number of anilines is 1. The van der Waals surface area contributed by atoms with E-state index < -0.39 is 0 Å². The second-order valence-electron chi connectivity index (χ2n) is 5.44. The van der Waals surface area contributed by atoms with Crippen LogP contribution in [0.1, 0.15) is 15.9 Å². The summed E-state index contributed by atoms with van der Waals surface area (Å²) in [5.74, 6) is 0.989. The maximum atomic E-state index is 12.7. The molecule has 2 aromatic carbocycles. The zero-order valence-electron chi connectivity index (χ0n) is 13.4. The van der Waals surface area contributed by atoms with Crippen molar-refractivity contribution in [2.75, 3.05) is 32.1 Å². The maximum absolute atomic E-state index is 12.7. The first-order chi connectivity index (χ1) is 11.7. The molecule has 2 N–H and O–H groups in total. The van der Waals surface area contributed by atoms with Gasteiger partial charge in [0, 0.05) is 17.7 Å². The third kappa shape index (κ3) is 3.63. The fourth-order valence-corrected chi connectivity index (χ4v) is 2.77. The van der Waals surface area contributed by atoms with Gasteiger partial charge in [-0.3, -0.25) is 4.79 Å². The van der Waals surface area contributed by atoms with Crippen LogP contribution in [0.3, 0.4) is 0 Å². The maximum Gasteiger partial charge on any atom is 0.255 e. The fourth-order valence-electron chi connectivity index (χ4n) is 2.57. The molecule has 126 valence electrons. The first-order valence-corrected chi connectivity index (χ1v) is 8.20. The zero-order valence-corrected chi connectivity index (χ0v) is 14.2. The molecule has 0 aromatic heterocycles. The first kappa shape index (κ1) is 16.6. The number of hydrogen-bond donors (Lipinski definition) is 2. The summed E-state index contributed by atoms with van der Waals surface area (Å²) in [7, 11) is 1.89. The van der Waals surface area contributed by atoms with E-state index in [0.717, 1.165) is 18.5 Å². The van der Waals surface area contributed by atoms with Gasteiger partial charge in [0.2, 0.25) is 0 Å². The summed E-state index contributed by atoms with van der Waals surface area (Å²) in [6, 6.07) is 10.9. The number of carbonyl (C=O) groups excluding carboxylic acids is 1. The van der Waals surface area contributed by atoms with Crippen molar-refractivity contribution >= 4 is 23.2 Å². The summed E-state index contributed by atoms with van der Waals surface area (Å²) in [5, 5.41) is 6.38. The van der Waals surface area contributed by atoms with E-state index in [1.807, 2.05) is 31.3 Å². The van der Waals surface area contributed by atoms with Crippen molar-refractivity contribution in [3.8, 4) is 11.5 Å². The molecule has 0 aliphatic carbocycles. The van der Waals surface area contributed by atoms with Crippen LogP contribution in [0.5, 0.6) is 11.5 Å². The van der Waals surface area contributed by atoms with Crippen LogP contribution in [0, 0.1) is 0 Å². The lowest BCUT2D eigenvalue weighted by molar-refractivity contribution is 0.102. The van der Waals surface area contributed by atoms with E-state index >= 15 is 0 Å². The van der Waals surface area contributed by atoms with Crippen molar-refractivity contribution in [3.05, 3.63) is 52.5 Å². The Kier molecular flexibility index (Phi) is 5.23. The second-order valence-corrected chi connectivity index (χ2v) is 5.85. The number of rotatable bonds is 5. The molecular weight excluding hydrogens is 328 g/mol. The molecule has 6 heteroatoms. The van der Waals surface area contributed by atoms with E-state index in [0.29, 0.717) is 41.0 Å². The third-order valence-corrected chi connectivity index (χ3v) is 4.10. The monoisotopic (exact) mass is 346 g/mol. The molecule has 2 aromatic rings. The highest BCUT2D eigenvalue weighted by Gasteiger charge is 2.18. The normalized spacial score (nSPS) is 12.8. The van der Waals surface area contributed by atoms with Gasteiger partial charge in [-0.25, -0.2) is 0 Å². The van der Waals surface area contributed by atoms with Crippen molar-refractivity contribution in [1.29, 1.82) is 0 Å². The largest absolute Gasteiger partial charge is 0.486 e. The molecule has 0 radical (unpaired) electrons. The van der Waals surface area contributed by atoms with Crippen LogP contribution in [0.2, 0.25) is 5.02 Å². The van der Waals surface area contributed by atoms with Gasteiger partial charge in [-0.1, -0.05) is 29.8 Å². The van der Waals surface area contributed by atoms with Crippen molar-refractivity contribution in [3.63, 3.8) is 0 Å². The van der Waals surface area contributed by atoms with Gasteiger partial charge in [0.05, 0.1) is 10.7 Å². The highest BCUT2D eigenvalue weighted by Crippen LogP contribution is 2.38. The minimum atomic E-state index is -0.194. The highest BCUT2D eigenvalue weighted by atomic mass is 35.5. The number of carbonyl (C=O) groups is 1. The Bertz CT molecular complexity index is 749. The van der Waals surface area contributed by atoms with Crippen LogP contribution in [0.4, 0.5) is 5.69 Å². The molecule has 0 fully saturated rings. The van der Waals surface area contributed by atoms with Crippen molar-refractivity contribution in [2.24, 2.45) is 0 Å². The molecule has 5 nitrogen and oxygen atoms in total. The van der Waals surface area contributed by atoms with Crippen LogP contribution in [-0.4, -0.2) is 32.7 Å². The van der Waals surface area contributed by atoms with E-state index in [1.165, 1.54) is 0 Å².